The van der Waals surface area contributed by atoms with Gasteiger partial charge in [0.25, 0.3) is 0 Å². The highest BCUT2D eigenvalue weighted by atomic mass is 35.5. The quantitative estimate of drug-likeness (QED) is 0.843. The van der Waals surface area contributed by atoms with Crippen LogP contribution in [0.5, 0.6) is 0 Å². The van der Waals surface area contributed by atoms with Crippen molar-refractivity contribution in [2.24, 2.45) is 11.8 Å². The highest BCUT2D eigenvalue weighted by molar-refractivity contribution is 6.31. The summed E-state index contributed by atoms with van der Waals surface area (Å²) in [6.07, 6.45) is 5.41. The topological polar surface area (TPSA) is 12.0 Å². The molecule has 3 heteroatoms. The summed E-state index contributed by atoms with van der Waals surface area (Å²) in [5.41, 5.74) is 0.873. The van der Waals surface area contributed by atoms with Gasteiger partial charge in [-0.2, -0.15) is 0 Å². The van der Waals surface area contributed by atoms with Crippen LogP contribution in [0, 0.1) is 17.7 Å². The molecule has 0 heterocycles. The molecule has 0 aromatic heterocycles. The molecule has 3 rings (SSSR count). The fourth-order valence-corrected chi connectivity index (χ4v) is 2.72. The maximum absolute atomic E-state index is 13.1. The van der Waals surface area contributed by atoms with E-state index in [0.717, 1.165) is 17.4 Å². The lowest BCUT2D eigenvalue weighted by atomic mass is 10.1. The first kappa shape index (κ1) is 11.5. The molecule has 1 nitrogen and oxygen atoms in total. The largest absolute Gasteiger partial charge is 0.309 e. The van der Waals surface area contributed by atoms with Crippen LogP contribution in [-0.2, 0) is 6.54 Å². The second-order valence-electron chi connectivity index (χ2n) is 5.32. The van der Waals surface area contributed by atoms with Crippen molar-refractivity contribution >= 4 is 11.6 Å². The molecule has 1 aromatic rings. The van der Waals surface area contributed by atoms with Crippen LogP contribution in [0.1, 0.15) is 31.2 Å². The highest BCUT2D eigenvalue weighted by Gasteiger charge is 2.40. The molecule has 0 atom stereocenters. The zero-order valence-corrected chi connectivity index (χ0v) is 10.5. The van der Waals surface area contributed by atoms with Crippen LogP contribution in [-0.4, -0.2) is 6.04 Å². The van der Waals surface area contributed by atoms with E-state index in [1.165, 1.54) is 37.8 Å². The molecular weight excluding hydrogens is 237 g/mol. The van der Waals surface area contributed by atoms with Gasteiger partial charge >= 0.3 is 0 Å². The average Bonchev–Trinajstić information content (AvgIpc) is 3.14. The Morgan fingerprint density at radius 2 is 1.88 bits per heavy atom. The molecular formula is C14H17ClFN. The van der Waals surface area contributed by atoms with Gasteiger partial charge in [0, 0.05) is 17.6 Å². The first-order valence-electron chi connectivity index (χ1n) is 6.41. The van der Waals surface area contributed by atoms with Crippen LogP contribution >= 0.6 is 11.6 Å². The Balaban J connectivity index is 1.63. The first-order valence-corrected chi connectivity index (χ1v) is 6.79. The van der Waals surface area contributed by atoms with Gasteiger partial charge in [0.05, 0.1) is 0 Å². The molecule has 17 heavy (non-hydrogen) atoms. The molecule has 0 aliphatic heterocycles. The molecule has 2 saturated carbocycles. The van der Waals surface area contributed by atoms with Crippen molar-refractivity contribution in [2.45, 2.75) is 38.3 Å². The summed E-state index contributed by atoms with van der Waals surface area (Å²) in [4.78, 5) is 0. The standard InChI is InChI=1S/C14H17ClFN/c15-13-6-5-12(16)7-11(13)8-17-14(9-1-2-9)10-3-4-10/h5-7,9-10,14,17H,1-4,8H2. The zero-order valence-electron chi connectivity index (χ0n) is 9.76. The maximum atomic E-state index is 13.1. The van der Waals surface area contributed by atoms with Gasteiger partial charge in [-0.25, -0.2) is 4.39 Å². The number of halogens is 2. The smallest absolute Gasteiger partial charge is 0.123 e. The minimum atomic E-state index is -0.208. The summed E-state index contributed by atoms with van der Waals surface area (Å²) < 4.78 is 13.1. The first-order chi connectivity index (χ1) is 8.24. The molecule has 1 N–H and O–H groups in total. The van der Waals surface area contributed by atoms with E-state index in [1.54, 1.807) is 6.07 Å². The molecule has 0 unspecified atom stereocenters. The van der Waals surface area contributed by atoms with Crippen molar-refractivity contribution in [3.63, 3.8) is 0 Å². The molecule has 2 fully saturated rings. The molecule has 2 aliphatic carbocycles. The van der Waals surface area contributed by atoms with E-state index in [2.05, 4.69) is 5.32 Å². The fourth-order valence-electron chi connectivity index (χ4n) is 2.54. The van der Waals surface area contributed by atoms with Crippen LogP contribution in [0.2, 0.25) is 5.02 Å². The van der Waals surface area contributed by atoms with Crippen LogP contribution in [0.25, 0.3) is 0 Å². The van der Waals surface area contributed by atoms with E-state index in [9.17, 15) is 4.39 Å². The van der Waals surface area contributed by atoms with Gasteiger partial charge in [0.1, 0.15) is 5.82 Å². The number of benzene rings is 1. The zero-order chi connectivity index (χ0) is 11.8. The predicted molar refractivity (Wildman–Crippen MR) is 67.5 cm³/mol. The summed E-state index contributed by atoms with van der Waals surface area (Å²) in [5, 5.41) is 4.23. The lowest BCUT2D eigenvalue weighted by molar-refractivity contribution is 0.415. The van der Waals surface area contributed by atoms with Gasteiger partial charge < -0.3 is 5.32 Å². The molecule has 0 bridgehead atoms. The molecule has 92 valence electrons. The number of rotatable bonds is 5. The van der Waals surface area contributed by atoms with Crippen LogP contribution < -0.4 is 5.32 Å². The van der Waals surface area contributed by atoms with E-state index >= 15 is 0 Å². The molecule has 0 amide bonds. The highest BCUT2D eigenvalue weighted by Crippen LogP contribution is 2.44. The van der Waals surface area contributed by atoms with Gasteiger partial charge in [-0.15, -0.1) is 0 Å². The van der Waals surface area contributed by atoms with Crippen molar-refractivity contribution in [3.05, 3.63) is 34.6 Å². The van der Waals surface area contributed by atoms with Crippen LogP contribution in [0.3, 0.4) is 0 Å². The van der Waals surface area contributed by atoms with Gasteiger partial charge in [0.2, 0.25) is 0 Å². The van der Waals surface area contributed by atoms with E-state index in [1.807, 2.05) is 0 Å². The van der Waals surface area contributed by atoms with Crippen LogP contribution in [0.4, 0.5) is 4.39 Å². The van der Waals surface area contributed by atoms with Crippen LogP contribution in [0.15, 0.2) is 18.2 Å². The van der Waals surface area contributed by atoms with Crippen molar-refractivity contribution < 1.29 is 4.39 Å². The molecule has 2 aliphatic rings. The van der Waals surface area contributed by atoms with Gasteiger partial charge in [0.15, 0.2) is 0 Å². The number of hydrogen-bond donors (Lipinski definition) is 1. The molecule has 1 aromatic carbocycles. The summed E-state index contributed by atoms with van der Waals surface area (Å²) in [7, 11) is 0. The Morgan fingerprint density at radius 3 is 2.47 bits per heavy atom. The Kier molecular flexibility index (Phi) is 3.10. The Hall–Kier alpha value is -0.600. The van der Waals surface area contributed by atoms with Gasteiger partial charge in [-0.05, 0) is 61.3 Å². The second-order valence-corrected chi connectivity index (χ2v) is 5.72. The third kappa shape index (κ3) is 2.80. The molecule has 0 saturated heterocycles. The summed E-state index contributed by atoms with van der Waals surface area (Å²) in [6.45, 7) is 0.689. The fraction of sp³-hybridized carbons (Fsp3) is 0.571. The minimum absolute atomic E-state index is 0.208. The summed E-state index contributed by atoms with van der Waals surface area (Å²) in [5.74, 6) is 1.50. The third-order valence-corrected chi connectivity index (χ3v) is 4.16. The monoisotopic (exact) mass is 253 g/mol. The van der Waals surface area contributed by atoms with Crippen molar-refractivity contribution in [3.8, 4) is 0 Å². The third-order valence-electron chi connectivity index (χ3n) is 3.80. The lowest BCUT2D eigenvalue weighted by Gasteiger charge is -2.18. The Morgan fingerprint density at radius 1 is 1.24 bits per heavy atom. The number of hydrogen-bond acceptors (Lipinski definition) is 1. The second kappa shape index (κ2) is 4.58. The Labute approximate surface area is 106 Å². The number of nitrogens with one attached hydrogen (secondary N) is 1. The van der Waals surface area contributed by atoms with E-state index in [0.29, 0.717) is 17.6 Å². The minimum Gasteiger partial charge on any atom is -0.309 e. The Bertz CT molecular complexity index is 401. The van der Waals surface area contributed by atoms with Crippen molar-refractivity contribution in [2.75, 3.05) is 0 Å². The van der Waals surface area contributed by atoms with Crippen molar-refractivity contribution in [1.29, 1.82) is 0 Å². The van der Waals surface area contributed by atoms with E-state index < -0.39 is 0 Å². The summed E-state index contributed by atoms with van der Waals surface area (Å²) >= 11 is 6.06. The van der Waals surface area contributed by atoms with E-state index in [4.69, 9.17) is 11.6 Å². The lowest BCUT2D eigenvalue weighted by Crippen LogP contribution is -2.32. The molecule has 0 radical (unpaired) electrons. The predicted octanol–water partition coefficient (Wildman–Crippen LogP) is 3.76. The van der Waals surface area contributed by atoms with E-state index in [-0.39, 0.29) is 5.82 Å². The normalized spacial score (nSPS) is 19.9. The molecule has 0 spiro atoms. The SMILES string of the molecule is Fc1ccc(Cl)c(CNC(C2CC2)C2CC2)c1. The summed E-state index contributed by atoms with van der Waals surface area (Å²) in [6, 6.07) is 5.21. The average molecular weight is 254 g/mol. The van der Waals surface area contributed by atoms with Gasteiger partial charge in [-0.1, -0.05) is 11.6 Å². The maximum Gasteiger partial charge on any atom is 0.123 e. The van der Waals surface area contributed by atoms with Crippen molar-refractivity contribution in [1.82, 2.24) is 5.32 Å². The van der Waals surface area contributed by atoms with Gasteiger partial charge in [-0.3, -0.25) is 0 Å².